The molecule has 0 atom stereocenters. The van der Waals surface area contributed by atoms with E-state index in [2.05, 4.69) is 12.1 Å². The van der Waals surface area contributed by atoms with Crippen LogP contribution in [-0.4, -0.2) is 31.5 Å². The number of hydrogen-bond acceptors (Lipinski definition) is 4. The quantitative estimate of drug-likeness (QED) is 0.759. The summed E-state index contributed by atoms with van der Waals surface area (Å²) in [6.07, 6.45) is 3.19. The van der Waals surface area contributed by atoms with Crippen LogP contribution in [0.4, 0.5) is 0 Å². The van der Waals surface area contributed by atoms with E-state index >= 15 is 0 Å². The van der Waals surface area contributed by atoms with Gasteiger partial charge in [-0.3, -0.25) is 9.59 Å². The van der Waals surface area contributed by atoms with E-state index in [1.807, 2.05) is 20.8 Å². The zero-order chi connectivity index (χ0) is 19.1. The lowest BCUT2D eigenvalue weighted by molar-refractivity contribution is -0.136. The molecule has 1 saturated carbocycles. The van der Waals surface area contributed by atoms with E-state index in [9.17, 15) is 18.0 Å². The number of hydrogen-bond donors (Lipinski definition) is 0. The summed E-state index contributed by atoms with van der Waals surface area (Å²) in [6, 6.07) is 4.15. The van der Waals surface area contributed by atoms with Gasteiger partial charge in [-0.15, -0.1) is 0 Å². The van der Waals surface area contributed by atoms with Crippen molar-refractivity contribution in [1.29, 1.82) is 0 Å². The van der Waals surface area contributed by atoms with Crippen LogP contribution in [0.3, 0.4) is 0 Å². The Morgan fingerprint density at radius 2 is 1.58 bits per heavy atom. The summed E-state index contributed by atoms with van der Waals surface area (Å²) in [6.45, 7) is 6.13. The number of carbonyl (C=O) groups excluding carboxylic acids is 2. The van der Waals surface area contributed by atoms with E-state index in [1.54, 1.807) is 0 Å². The Balaban J connectivity index is 2.00. The lowest BCUT2D eigenvalue weighted by Crippen LogP contribution is -2.46. The smallest absolute Gasteiger partial charge is 0.150 e. The van der Waals surface area contributed by atoms with Gasteiger partial charge in [-0.2, -0.15) is 0 Å². The van der Waals surface area contributed by atoms with E-state index in [1.165, 1.54) is 0 Å². The van der Waals surface area contributed by atoms with Crippen molar-refractivity contribution in [3.8, 4) is 0 Å². The van der Waals surface area contributed by atoms with Gasteiger partial charge in [0.2, 0.25) is 0 Å². The second-order valence-electron chi connectivity index (χ2n) is 8.12. The van der Waals surface area contributed by atoms with Crippen molar-refractivity contribution >= 4 is 21.4 Å². The van der Waals surface area contributed by atoms with Gasteiger partial charge in [-0.1, -0.05) is 31.5 Å². The lowest BCUT2D eigenvalue weighted by Gasteiger charge is -2.41. The summed E-state index contributed by atoms with van der Waals surface area (Å²) in [5.41, 5.74) is 3.52. The predicted octanol–water partition coefficient (Wildman–Crippen LogP) is 3.33. The zero-order valence-electron chi connectivity index (χ0n) is 15.9. The largest absolute Gasteiger partial charge is 0.298 e. The molecular weight excluding hydrogens is 348 g/mol. The Kier molecular flexibility index (Phi) is 5.13. The Bertz CT molecular complexity index is 808. The van der Waals surface area contributed by atoms with E-state index in [-0.39, 0.29) is 35.9 Å². The van der Waals surface area contributed by atoms with Gasteiger partial charge in [-0.05, 0) is 54.7 Å². The van der Waals surface area contributed by atoms with Crippen LogP contribution < -0.4 is 0 Å². The van der Waals surface area contributed by atoms with E-state index in [0.717, 1.165) is 35.1 Å². The van der Waals surface area contributed by atoms with Gasteiger partial charge in [0.25, 0.3) is 0 Å². The molecule has 1 aromatic carbocycles. The molecule has 0 amide bonds. The highest BCUT2D eigenvalue weighted by Gasteiger charge is 2.49. The van der Waals surface area contributed by atoms with Crippen LogP contribution >= 0.6 is 0 Å². The Labute approximate surface area is 156 Å². The van der Waals surface area contributed by atoms with Crippen molar-refractivity contribution in [2.75, 3.05) is 11.5 Å². The number of ketones is 2. The summed E-state index contributed by atoms with van der Waals surface area (Å²) in [5, 5.41) is 0. The van der Waals surface area contributed by atoms with Crippen molar-refractivity contribution < 1.29 is 18.0 Å². The molecule has 26 heavy (non-hydrogen) atoms. The van der Waals surface area contributed by atoms with Crippen molar-refractivity contribution in [2.24, 2.45) is 5.41 Å². The Hall–Kier alpha value is -1.49. The fourth-order valence-corrected chi connectivity index (χ4v) is 6.98. The molecule has 1 heterocycles. The molecule has 0 bridgehead atoms. The number of sulfone groups is 1. The van der Waals surface area contributed by atoms with E-state index < -0.39 is 21.2 Å². The van der Waals surface area contributed by atoms with Crippen molar-refractivity contribution in [2.45, 2.75) is 65.2 Å². The second kappa shape index (κ2) is 6.91. The molecule has 1 aliphatic heterocycles. The molecule has 0 aromatic heterocycles. The lowest BCUT2D eigenvalue weighted by atomic mass is 9.65. The summed E-state index contributed by atoms with van der Waals surface area (Å²) >= 11 is 0. The van der Waals surface area contributed by atoms with Gasteiger partial charge in [-0.25, -0.2) is 8.42 Å². The highest BCUT2D eigenvalue weighted by Crippen LogP contribution is 2.46. The first-order valence-corrected chi connectivity index (χ1v) is 11.4. The number of aryl methyl sites for hydroxylation is 3. The summed E-state index contributed by atoms with van der Waals surface area (Å²) in [4.78, 5) is 26.2. The molecule has 4 nitrogen and oxygen atoms in total. The van der Waals surface area contributed by atoms with Gasteiger partial charge in [0, 0.05) is 12.8 Å². The van der Waals surface area contributed by atoms with Crippen LogP contribution in [0, 0.1) is 12.3 Å². The molecule has 0 radical (unpaired) electrons. The van der Waals surface area contributed by atoms with Crippen molar-refractivity contribution in [3.05, 3.63) is 34.4 Å². The molecule has 2 aliphatic rings. The third-order valence-corrected chi connectivity index (χ3v) is 7.94. The molecule has 0 unspecified atom stereocenters. The molecule has 1 aromatic rings. The van der Waals surface area contributed by atoms with Gasteiger partial charge < -0.3 is 0 Å². The minimum atomic E-state index is -3.16. The van der Waals surface area contributed by atoms with Crippen LogP contribution in [0.25, 0.3) is 0 Å². The standard InChI is InChI=1S/C21H28O4S/c1-4-15-9-14(3)10-16(5-2)19(15)20-17(22)11-21(12-18(20)23)7-6-8-26(24,25)13-21/h9-10,20H,4-8,11-13H2,1-3H3. The van der Waals surface area contributed by atoms with Gasteiger partial charge in [0.05, 0.1) is 11.5 Å². The van der Waals surface area contributed by atoms with Crippen molar-refractivity contribution in [3.63, 3.8) is 0 Å². The highest BCUT2D eigenvalue weighted by atomic mass is 32.2. The first-order chi connectivity index (χ1) is 12.2. The minimum absolute atomic E-state index is 0.0145. The zero-order valence-corrected chi connectivity index (χ0v) is 16.7. The molecule has 5 heteroatoms. The SMILES string of the molecule is CCc1cc(C)cc(CC)c1C1C(=O)CC2(CCCS(=O)(=O)C2)CC1=O. The molecule has 0 N–H and O–H groups in total. The first kappa shape index (κ1) is 19.3. The maximum absolute atomic E-state index is 13.1. The van der Waals surface area contributed by atoms with Gasteiger partial charge in [0.1, 0.15) is 17.5 Å². The highest BCUT2D eigenvalue weighted by molar-refractivity contribution is 7.91. The summed E-state index contributed by atoms with van der Waals surface area (Å²) in [5.74, 6) is -0.730. The van der Waals surface area contributed by atoms with E-state index in [0.29, 0.717) is 12.8 Å². The van der Waals surface area contributed by atoms with Gasteiger partial charge in [0.15, 0.2) is 9.84 Å². The summed E-state index contributed by atoms with van der Waals surface area (Å²) < 4.78 is 24.2. The number of benzene rings is 1. The van der Waals surface area contributed by atoms with E-state index in [4.69, 9.17) is 0 Å². The van der Waals surface area contributed by atoms with Crippen LogP contribution in [0.15, 0.2) is 12.1 Å². The average molecular weight is 377 g/mol. The Morgan fingerprint density at radius 1 is 1.04 bits per heavy atom. The minimum Gasteiger partial charge on any atom is -0.298 e. The Morgan fingerprint density at radius 3 is 2.04 bits per heavy atom. The number of Topliss-reactive ketones (excluding diaryl/α,β-unsaturated/α-hetero) is 2. The number of carbonyl (C=O) groups is 2. The molecular formula is C21H28O4S. The molecule has 1 saturated heterocycles. The third-order valence-electron chi connectivity index (χ3n) is 5.98. The maximum Gasteiger partial charge on any atom is 0.150 e. The summed E-state index contributed by atoms with van der Waals surface area (Å²) in [7, 11) is -3.16. The first-order valence-electron chi connectivity index (χ1n) is 9.58. The topological polar surface area (TPSA) is 68.3 Å². The second-order valence-corrected chi connectivity index (χ2v) is 10.3. The molecule has 3 rings (SSSR count). The third kappa shape index (κ3) is 3.51. The number of rotatable bonds is 3. The normalized spacial score (nSPS) is 28.5. The van der Waals surface area contributed by atoms with Gasteiger partial charge >= 0.3 is 0 Å². The van der Waals surface area contributed by atoms with Crippen molar-refractivity contribution in [1.82, 2.24) is 0 Å². The molecule has 2 fully saturated rings. The average Bonchev–Trinajstić information content (AvgIpc) is 2.53. The molecule has 142 valence electrons. The maximum atomic E-state index is 13.1. The van der Waals surface area contributed by atoms with Crippen LogP contribution in [0.5, 0.6) is 0 Å². The molecule has 1 spiro atoms. The fraction of sp³-hybridized carbons (Fsp3) is 0.619. The predicted molar refractivity (Wildman–Crippen MR) is 102 cm³/mol. The van der Waals surface area contributed by atoms with Crippen LogP contribution in [0.1, 0.15) is 67.7 Å². The molecule has 1 aliphatic carbocycles. The van der Waals surface area contributed by atoms with Crippen LogP contribution in [-0.2, 0) is 32.3 Å². The fourth-order valence-electron chi connectivity index (χ4n) is 4.97. The van der Waals surface area contributed by atoms with Crippen LogP contribution in [0.2, 0.25) is 0 Å². The monoisotopic (exact) mass is 376 g/mol.